The molecule has 134 valence electrons. The maximum Gasteiger partial charge on any atom is 0.311 e. The lowest BCUT2D eigenvalue weighted by molar-refractivity contribution is -0.384. The van der Waals surface area contributed by atoms with Gasteiger partial charge in [0, 0.05) is 25.1 Å². The molecule has 0 radical (unpaired) electrons. The molecule has 7 nitrogen and oxygen atoms in total. The SMILES string of the molecule is O=C(OCc1ccc([N+](=O)[O-])cc1)[C@@H]1CC(=O)N(c2ccccc2F)C1. The van der Waals surface area contributed by atoms with E-state index in [1.807, 2.05) is 0 Å². The molecule has 1 heterocycles. The topological polar surface area (TPSA) is 89.7 Å². The van der Waals surface area contributed by atoms with E-state index in [2.05, 4.69) is 0 Å². The largest absolute Gasteiger partial charge is 0.461 e. The van der Waals surface area contributed by atoms with Crippen LogP contribution in [0.15, 0.2) is 48.5 Å². The fourth-order valence-corrected chi connectivity index (χ4v) is 2.76. The third-order valence-corrected chi connectivity index (χ3v) is 4.13. The molecule has 2 aromatic rings. The van der Waals surface area contributed by atoms with Gasteiger partial charge in [0.25, 0.3) is 5.69 Å². The lowest BCUT2D eigenvalue weighted by atomic mass is 10.1. The molecular weight excluding hydrogens is 343 g/mol. The van der Waals surface area contributed by atoms with Gasteiger partial charge in [0.05, 0.1) is 16.5 Å². The fourth-order valence-electron chi connectivity index (χ4n) is 2.76. The molecule has 8 heteroatoms. The molecule has 1 atom stereocenters. The van der Waals surface area contributed by atoms with Crippen LogP contribution in [0.3, 0.4) is 0 Å². The molecule has 0 saturated carbocycles. The van der Waals surface area contributed by atoms with Crippen molar-refractivity contribution in [3.8, 4) is 0 Å². The Morgan fingerprint density at radius 1 is 1.23 bits per heavy atom. The first-order valence-electron chi connectivity index (χ1n) is 7.90. The third kappa shape index (κ3) is 3.69. The molecule has 0 N–H and O–H groups in total. The van der Waals surface area contributed by atoms with Gasteiger partial charge in [0.2, 0.25) is 5.91 Å². The molecule has 2 aromatic carbocycles. The zero-order valence-electron chi connectivity index (χ0n) is 13.6. The van der Waals surface area contributed by atoms with Crippen LogP contribution >= 0.6 is 0 Å². The van der Waals surface area contributed by atoms with Crippen LogP contribution in [-0.4, -0.2) is 23.3 Å². The van der Waals surface area contributed by atoms with Gasteiger partial charge in [0.15, 0.2) is 0 Å². The minimum Gasteiger partial charge on any atom is -0.461 e. The molecule has 0 bridgehead atoms. The summed E-state index contributed by atoms with van der Waals surface area (Å²) in [5.74, 6) is -2.11. The number of non-ortho nitro benzene ring substituents is 1. The van der Waals surface area contributed by atoms with E-state index in [0.29, 0.717) is 5.56 Å². The standard InChI is InChI=1S/C18H15FN2O5/c19-15-3-1-2-4-16(15)20-10-13(9-17(20)22)18(23)26-11-12-5-7-14(8-6-12)21(24)25/h1-8,13H,9-11H2/t13-/m1/s1. The van der Waals surface area contributed by atoms with E-state index in [1.165, 1.54) is 47.4 Å². The van der Waals surface area contributed by atoms with Crippen molar-refractivity contribution < 1.29 is 23.6 Å². The second-order valence-corrected chi connectivity index (χ2v) is 5.89. The van der Waals surface area contributed by atoms with Crippen LogP contribution in [0.4, 0.5) is 15.8 Å². The normalized spacial score (nSPS) is 16.6. The second kappa shape index (κ2) is 7.30. The molecule has 1 aliphatic heterocycles. The number of ether oxygens (including phenoxy) is 1. The first-order chi connectivity index (χ1) is 12.5. The molecule has 1 aliphatic rings. The maximum absolute atomic E-state index is 13.8. The van der Waals surface area contributed by atoms with Gasteiger partial charge in [-0.05, 0) is 29.8 Å². The van der Waals surface area contributed by atoms with Crippen molar-refractivity contribution in [2.24, 2.45) is 5.92 Å². The van der Waals surface area contributed by atoms with Crippen molar-refractivity contribution in [2.45, 2.75) is 13.0 Å². The summed E-state index contributed by atoms with van der Waals surface area (Å²) < 4.78 is 19.0. The van der Waals surface area contributed by atoms with E-state index in [4.69, 9.17) is 4.74 Å². The highest BCUT2D eigenvalue weighted by Gasteiger charge is 2.37. The summed E-state index contributed by atoms with van der Waals surface area (Å²) in [6.07, 6.45) is -0.0482. The van der Waals surface area contributed by atoms with Crippen LogP contribution in [-0.2, 0) is 20.9 Å². The molecule has 1 saturated heterocycles. The summed E-state index contributed by atoms with van der Waals surface area (Å²) in [6.45, 7) is 0.0000770. The molecular formula is C18H15FN2O5. The predicted octanol–water partition coefficient (Wildman–Crippen LogP) is 2.83. The number of halogens is 1. The predicted molar refractivity (Wildman–Crippen MR) is 89.8 cm³/mol. The van der Waals surface area contributed by atoms with Crippen molar-refractivity contribution in [1.29, 1.82) is 0 Å². The lowest BCUT2D eigenvalue weighted by Crippen LogP contribution is -2.27. The Balaban J connectivity index is 1.60. The van der Waals surface area contributed by atoms with Crippen LogP contribution in [0.5, 0.6) is 0 Å². The molecule has 3 rings (SSSR count). The summed E-state index contributed by atoms with van der Waals surface area (Å²) in [6, 6.07) is 11.5. The van der Waals surface area contributed by atoms with Gasteiger partial charge in [-0.15, -0.1) is 0 Å². The van der Waals surface area contributed by atoms with Crippen LogP contribution in [0.2, 0.25) is 0 Å². The van der Waals surface area contributed by atoms with Crippen LogP contribution < -0.4 is 4.90 Å². The Hall–Kier alpha value is -3.29. The van der Waals surface area contributed by atoms with Crippen molar-refractivity contribution >= 4 is 23.3 Å². The molecule has 0 aromatic heterocycles. The minimum atomic E-state index is -0.680. The number of esters is 1. The molecule has 0 aliphatic carbocycles. The molecule has 1 fully saturated rings. The highest BCUT2D eigenvalue weighted by atomic mass is 19.1. The first-order valence-corrected chi connectivity index (χ1v) is 7.90. The molecule has 0 spiro atoms. The summed E-state index contributed by atoms with van der Waals surface area (Å²) in [5, 5.41) is 10.6. The third-order valence-electron chi connectivity index (χ3n) is 4.13. The Kier molecular flexibility index (Phi) is 4.92. The number of anilines is 1. The van der Waals surface area contributed by atoms with E-state index >= 15 is 0 Å². The number of hydrogen-bond acceptors (Lipinski definition) is 5. The number of nitro groups is 1. The zero-order chi connectivity index (χ0) is 18.7. The minimum absolute atomic E-state index is 0.0482. The second-order valence-electron chi connectivity index (χ2n) is 5.89. The van der Waals surface area contributed by atoms with E-state index in [9.17, 15) is 24.1 Å². The van der Waals surface area contributed by atoms with Gasteiger partial charge in [-0.2, -0.15) is 0 Å². The summed E-state index contributed by atoms with van der Waals surface area (Å²) in [5.41, 5.74) is 0.685. The maximum atomic E-state index is 13.8. The highest BCUT2D eigenvalue weighted by molar-refractivity contribution is 5.99. The van der Waals surface area contributed by atoms with E-state index in [0.717, 1.165) is 0 Å². The van der Waals surface area contributed by atoms with Crippen molar-refractivity contribution in [2.75, 3.05) is 11.4 Å². The first kappa shape index (κ1) is 17.5. The number of nitrogens with zero attached hydrogens (tertiary/aromatic N) is 2. The number of rotatable bonds is 5. The van der Waals surface area contributed by atoms with Gasteiger partial charge in [0.1, 0.15) is 12.4 Å². The van der Waals surface area contributed by atoms with Crippen molar-refractivity contribution in [3.05, 3.63) is 70.0 Å². The van der Waals surface area contributed by atoms with E-state index < -0.39 is 22.6 Å². The number of amides is 1. The number of carbonyl (C=O) groups is 2. The summed E-state index contributed by atoms with van der Waals surface area (Å²) >= 11 is 0. The highest BCUT2D eigenvalue weighted by Crippen LogP contribution is 2.28. The number of benzene rings is 2. The van der Waals surface area contributed by atoms with E-state index in [1.54, 1.807) is 6.07 Å². The van der Waals surface area contributed by atoms with Crippen molar-refractivity contribution in [1.82, 2.24) is 0 Å². The fraction of sp³-hybridized carbons (Fsp3) is 0.222. The van der Waals surface area contributed by atoms with Crippen LogP contribution in [0, 0.1) is 21.8 Å². The summed E-state index contributed by atoms with van der Waals surface area (Å²) in [7, 11) is 0. The van der Waals surface area contributed by atoms with Crippen molar-refractivity contribution in [3.63, 3.8) is 0 Å². The van der Waals surface area contributed by atoms with E-state index in [-0.39, 0.29) is 36.9 Å². The summed E-state index contributed by atoms with van der Waals surface area (Å²) in [4.78, 5) is 35.6. The number of hydrogen-bond donors (Lipinski definition) is 0. The monoisotopic (exact) mass is 358 g/mol. The van der Waals surface area contributed by atoms with Crippen LogP contribution in [0.1, 0.15) is 12.0 Å². The van der Waals surface area contributed by atoms with Crippen LogP contribution in [0.25, 0.3) is 0 Å². The van der Waals surface area contributed by atoms with Gasteiger partial charge in [-0.3, -0.25) is 19.7 Å². The quantitative estimate of drug-likeness (QED) is 0.466. The average Bonchev–Trinajstić information content (AvgIpc) is 3.02. The number of para-hydroxylation sites is 1. The molecule has 0 unspecified atom stereocenters. The molecule has 26 heavy (non-hydrogen) atoms. The molecule has 1 amide bonds. The van der Waals surface area contributed by atoms with Gasteiger partial charge >= 0.3 is 5.97 Å². The average molecular weight is 358 g/mol. The number of carbonyl (C=O) groups excluding carboxylic acids is 2. The Morgan fingerprint density at radius 2 is 1.92 bits per heavy atom. The Labute approximate surface area is 148 Å². The lowest BCUT2D eigenvalue weighted by Gasteiger charge is -2.17. The van der Waals surface area contributed by atoms with Gasteiger partial charge in [-0.25, -0.2) is 4.39 Å². The van der Waals surface area contributed by atoms with Gasteiger partial charge < -0.3 is 9.64 Å². The smallest absolute Gasteiger partial charge is 0.311 e. The Bertz CT molecular complexity index is 853. The zero-order valence-corrected chi connectivity index (χ0v) is 13.6. The Morgan fingerprint density at radius 3 is 2.58 bits per heavy atom. The van der Waals surface area contributed by atoms with Gasteiger partial charge in [-0.1, -0.05) is 12.1 Å². The number of nitro benzene ring substituents is 1.